The van der Waals surface area contributed by atoms with Crippen molar-refractivity contribution in [2.75, 3.05) is 13.2 Å². The number of nitrogens with zero attached hydrogens (tertiary/aromatic N) is 1. The normalized spacial score (nSPS) is 10.3. The Kier molecular flexibility index (Phi) is 5.17. The van der Waals surface area contributed by atoms with E-state index in [9.17, 15) is 4.79 Å². The fourth-order valence-corrected chi connectivity index (χ4v) is 3.01. The van der Waals surface area contributed by atoms with Crippen LogP contribution in [0.1, 0.15) is 10.4 Å². The van der Waals surface area contributed by atoms with Crippen molar-refractivity contribution >= 4 is 27.6 Å². The van der Waals surface area contributed by atoms with Crippen molar-refractivity contribution in [2.24, 2.45) is 0 Å². The monoisotopic (exact) mass is 366 g/mol. The van der Waals surface area contributed by atoms with E-state index in [1.807, 2.05) is 72.8 Å². The van der Waals surface area contributed by atoms with E-state index in [0.717, 1.165) is 27.4 Å². The molecule has 0 atom stereocenters. The van der Waals surface area contributed by atoms with Crippen LogP contribution < -0.4 is 10.1 Å². The van der Waals surface area contributed by atoms with Gasteiger partial charge in [0.1, 0.15) is 12.4 Å². The highest BCUT2D eigenvalue weighted by Crippen LogP contribution is 2.19. The smallest absolute Gasteiger partial charge is 0.252 e. The number of hydrogen-bond donors (Lipinski definition) is 1. The van der Waals surface area contributed by atoms with Crippen LogP contribution in [0.2, 0.25) is 0 Å². The summed E-state index contributed by atoms with van der Waals surface area (Å²) in [5, 5.41) is 5.88. The van der Waals surface area contributed by atoms with Crippen LogP contribution in [0.3, 0.4) is 0 Å². The summed E-state index contributed by atoms with van der Waals surface area (Å²) < 4.78 is 5.64. The third-order valence-electron chi connectivity index (χ3n) is 4.38. The molecule has 0 bridgehead atoms. The molecule has 0 aliphatic rings. The Bertz CT molecular complexity index is 1200. The molecule has 0 saturated heterocycles. The van der Waals surface area contributed by atoms with Crippen LogP contribution in [0, 0.1) is 11.8 Å². The van der Waals surface area contributed by atoms with Gasteiger partial charge in [-0.05, 0) is 35.0 Å². The Morgan fingerprint density at radius 1 is 0.929 bits per heavy atom. The van der Waals surface area contributed by atoms with Crippen LogP contribution in [0.4, 0.5) is 0 Å². The number of pyridine rings is 1. The van der Waals surface area contributed by atoms with E-state index in [-0.39, 0.29) is 19.1 Å². The SMILES string of the molecule is O=C(NCC#CCOc1ccc2cccnc2c1)c1cccc2ccccc12. The van der Waals surface area contributed by atoms with E-state index in [1.54, 1.807) is 6.20 Å². The van der Waals surface area contributed by atoms with Gasteiger partial charge in [-0.3, -0.25) is 9.78 Å². The lowest BCUT2D eigenvalue weighted by Crippen LogP contribution is -2.23. The number of carbonyl (C=O) groups excluding carboxylic acids is 1. The van der Waals surface area contributed by atoms with Gasteiger partial charge in [0, 0.05) is 23.2 Å². The number of carbonyl (C=O) groups is 1. The van der Waals surface area contributed by atoms with Gasteiger partial charge in [0.05, 0.1) is 12.1 Å². The van der Waals surface area contributed by atoms with Gasteiger partial charge in [0.25, 0.3) is 5.91 Å². The molecule has 136 valence electrons. The van der Waals surface area contributed by atoms with Crippen LogP contribution >= 0.6 is 0 Å². The van der Waals surface area contributed by atoms with Gasteiger partial charge in [0.15, 0.2) is 0 Å². The van der Waals surface area contributed by atoms with E-state index in [4.69, 9.17) is 4.74 Å². The molecule has 0 aliphatic carbocycles. The second kappa shape index (κ2) is 8.24. The molecule has 28 heavy (non-hydrogen) atoms. The number of nitrogens with one attached hydrogen (secondary N) is 1. The van der Waals surface area contributed by atoms with Crippen molar-refractivity contribution in [1.82, 2.24) is 10.3 Å². The molecule has 1 heterocycles. The Morgan fingerprint density at radius 3 is 2.75 bits per heavy atom. The summed E-state index contributed by atoms with van der Waals surface area (Å²) in [6, 6.07) is 23.2. The molecular weight excluding hydrogens is 348 g/mol. The first-order valence-electron chi connectivity index (χ1n) is 9.00. The van der Waals surface area contributed by atoms with E-state index in [1.165, 1.54) is 0 Å². The van der Waals surface area contributed by atoms with E-state index >= 15 is 0 Å². The molecular formula is C24H18N2O2. The second-order valence-corrected chi connectivity index (χ2v) is 6.21. The summed E-state index contributed by atoms with van der Waals surface area (Å²) in [5.74, 6) is 6.43. The number of amides is 1. The fraction of sp³-hybridized carbons (Fsp3) is 0.0833. The van der Waals surface area contributed by atoms with Crippen LogP contribution in [0.15, 0.2) is 79.0 Å². The molecule has 0 unspecified atom stereocenters. The third-order valence-corrected chi connectivity index (χ3v) is 4.38. The van der Waals surface area contributed by atoms with Gasteiger partial charge >= 0.3 is 0 Å². The van der Waals surface area contributed by atoms with Gasteiger partial charge in [-0.15, -0.1) is 0 Å². The Labute approximate surface area is 163 Å². The minimum atomic E-state index is -0.132. The van der Waals surface area contributed by atoms with Crippen molar-refractivity contribution < 1.29 is 9.53 Å². The molecule has 3 aromatic carbocycles. The molecule has 0 saturated carbocycles. The summed E-state index contributed by atoms with van der Waals surface area (Å²) in [5.41, 5.74) is 1.54. The largest absolute Gasteiger partial charge is 0.481 e. The highest BCUT2D eigenvalue weighted by molar-refractivity contribution is 6.07. The molecule has 4 nitrogen and oxygen atoms in total. The van der Waals surface area contributed by atoms with Crippen molar-refractivity contribution in [3.63, 3.8) is 0 Å². The highest BCUT2D eigenvalue weighted by Gasteiger charge is 2.07. The highest BCUT2D eigenvalue weighted by atomic mass is 16.5. The van der Waals surface area contributed by atoms with Crippen LogP contribution in [0.25, 0.3) is 21.7 Å². The maximum absolute atomic E-state index is 12.4. The van der Waals surface area contributed by atoms with Crippen LogP contribution in [-0.4, -0.2) is 24.0 Å². The minimum Gasteiger partial charge on any atom is -0.481 e. The average molecular weight is 366 g/mol. The van der Waals surface area contributed by atoms with Gasteiger partial charge in [-0.2, -0.15) is 0 Å². The molecule has 0 radical (unpaired) electrons. The number of fused-ring (bicyclic) bond motifs is 2. The lowest BCUT2D eigenvalue weighted by molar-refractivity contribution is 0.0960. The van der Waals surface area contributed by atoms with Gasteiger partial charge in [0.2, 0.25) is 0 Å². The number of ether oxygens (including phenoxy) is 1. The average Bonchev–Trinajstić information content (AvgIpc) is 2.75. The summed E-state index contributed by atoms with van der Waals surface area (Å²) in [7, 11) is 0. The summed E-state index contributed by atoms with van der Waals surface area (Å²) >= 11 is 0. The number of rotatable bonds is 4. The predicted octanol–water partition coefficient (Wildman–Crippen LogP) is 4.20. The Morgan fingerprint density at radius 2 is 1.79 bits per heavy atom. The summed E-state index contributed by atoms with van der Waals surface area (Å²) in [4.78, 5) is 16.7. The maximum atomic E-state index is 12.4. The van der Waals surface area contributed by atoms with Gasteiger partial charge in [-0.1, -0.05) is 54.3 Å². The fourth-order valence-electron chi connectivity index (χ4n) is 3.01. The molecule has 0 aliphatic heterocycles. The van der Waals surface area contributed by atoms with Crippen LogP contribution in [-0.2, 0) is 0 Å². The summed E-state index contributed by atoms with van der Waals surface area (Å²) in [6.07, 6.45) is 1.75. The zero-order valence-electron chi connectivity index (χ0n) is 15.2. The summed E-state index contributed by atoms with van der Waals surface area (Å²) in [6.45, 7) is 0.521. The first kappa shape index (κ1) is 17.6. The number of hydrogen-bond acceptors (Lipinski definition) is 3. The van der Waals surface area contributed by atoms with E-state index in [0.29, 0.717) is 5.56 Å². The standard InChI is InChI=1S/C24H18N2O2/c27-24(22-11-5-8-18-7-1-2-10-21(18)22)26-14-3-4-16-28-20-13-12-19-9-6-15-25-23(19)17-20/h1-2,5-13,15,17H,14,16H2,(H,26,27). The Hall–Kier alpha value is -3.84. The minimum absolute atomic E-state index is 0.132. The second-order valence-electron chi connectivity index (χ2n) is 6.21. The molecule has 4 heteroatoms. The van der Waals surface area contributed by atoms with Gasteiger partial charge in [-0.25, -0.2) is 0 Å². The molecule has 4 aromatic rings. The quantitative estimate of drug-likeness (QED) is 0.551. The van der Waals surface area contributed by atoms with Crippen molar-refractivity contribution in [3.05, 3.63) is 84.6 Å². The number of aromatic nitrogens is 1. The van der Waals surface area contributed by atoms with Crippen molar-refractivity contribution in [2.45, 2.75) is 0 Å². The van der Waals surface area contributed by atoms with E-state index < -0.39 is 0 Å². The third kappa shape index (κ3) is 3.94. The molecule has 1 N–H and O–H groups in total. The molecule has 1 amide bonds. The van der Waals surface area contributed by atoms with Crippen molar-refractivity contribution in [3.8, 4) is 17.6 Å². The van der Waals surface area contributed by atoms with E-state index in [2.05, 4.69) is 22.1 Å². The lowest BCUT2D eigenvalue weighted by atomic mass is 10.0. The number of benzene rings is 3. The maximum Gasteiger partial charge on any atom is 0.252 e. The zero-order chi connectivity index (χ0) is 19.2. The molecule has 4 rings (SSSR count). The van der Waals surface area contributed by atoms with Crippen LogP contribution in [0.5, 0.6) is 5.75 Å². The topological polar surface area (TPSA) is 51.2 Å². The first-order chi connectivity index (χ1) is 13.8. The molecule has 0 fully saturated rings. The molecule has 0 spiro atoms. The predicted molar refractivity (Wildman–Crippen MR) is 111 cm³/mol. The molecule has 1 aromatic heterocycles. The zero-order valence-corrected chi connectivity index (χ0v) is 15.2. The first-order valence-corrected chi connectivity index (χ1v) is 9.00. The van der Waals surface area contributed by atoms with Crippen molar-refractivity contribution in [1.29, 1.82) is 0 Å². The lowest BCUT2D eigenvalue weighted by Gasteiger charge is -2.06. The van der Waals surface area contributed by atoms with Gasteiger partial charge < -0.3 is 10.1 Å². The Balaban J connectivity index is 1.31.